The number of hydrogen-bond acceptors (Lipinski definition) is 4. The van der Waals surface area contributed by atoms with E-state index in [1.54, 1.807) is 0 Å². The van der Waals surface area contributed by atoms with Crippen LogP contribution in [-0.2, 0) is 0 Å². The molecule has 1 aromatic carbocycles. The number of nitro benzene ring substituents is 1. The Kier molecular flexibility index (Phi) is 5.75. The summed E-state index contributed by atoms with van der Waals surface area (Å²) >= 11 is 10.2. The number of thiol groups is 1. The fourth-order valence-electron chi connectivity index (χ4n) is 1.37. The number of rotatable bonds is 6. The monoisotopic (exact) mass is 289 g/mol. The molecule has 6 heteroatoms. The van der Waals surface area contributed by atoms with Gasteiger partial charge in [-0.05, 0) is 17.7 Å². The SMILES string of the molecule is CC(C)C(CS)COc1cc([N+](=O)[O-])ccc1Cl. The number of nitro groups is 1. The van der Waals surface area contributed by atoms with Crippen LogP contribution in [0.1, 0.15) is 13.8 Å². The largest absolute Gasteiger partial charge is 0.491 e. The van der Waals surface area contributed by atoms with Gasteiger partial charge in [0, 0.05) is 12.0 Å². The van der Waals surface area contributed by atoms with Crippen molar-refractivity contribution in [2.45, 2.75) is 13.8 Å². The van der Waals surface area contributed by atoms with Crippen molar-refractivity contribution in [3.8, 4) is 5.75 Å². The van der Waals surface area contributed by atoms with Crippen molar-refractivity contribution in [2.75, 3.05) is 12.4 Å². The summed E-state index contributed by atoms with van der Waals surface area (Å²) in [6.45, 7) is 4.61. The van der Waals surface area contributed by atoms with Crippen LogP contribution in [0.2, 0.25) is 5.02 Å². The van der Waals surface area contributed by atoms with Gasteiger partial charge in [0.15, 0.2) is 0 Å². The van der Waals surface area contributed by atoms with Crippen LogP contribution in [-0.4, -0.2) is 17.3 Å². The quantitative estimate of drug-likeness (QED) is 0.492. The second-order valence-electron chi connectivity index (χ2n) is 4.37. The summed E-state index contributed by atoms with van der Waals surface area (Å²) in [6, 6.07) is 4.17. The van der Waals surface area contributed by atoms with Gasteiger partial charge in [0.25, 0.3) is 5.69 Å². The molecule has 0 aliphatic rings. The molecule has 0 saturated carbocycles. The Morgan fingerprint density at radius 2 is 2.17 bits per heavy atom. The zero-order valence-corrected chi connectivity index (χ0v) is 11.9. The molecule has 0 heterocycles. The summed E-state index contributed by atoms with van der Waals surface area (Å²) in [6.07, 6.45) is 0. The Morgan fingerprint density at radius 3 is 2.67 bits per heavy atom. The van der Waals surface area contributed by atoms with Crippen molar-refractivity contribution in [1.29, 1.82) is 0 Å². The first-order valence-electron chi connectivity index (χ1n) is 5.63. The van der Waals surface area contributed by atoms with E-state index in [1.165, 1.54) is 18.2 Å². The molecule has 1 rings (SSSR count). The number of nitrogens with zero attached hydrogens (tertiary/aromatic N) is 1. The molecule has 0 aliphatic heterocycles. The van der Waals surface area contributed by atoms with Gasteiger partial charge >= 0.3 is 0 Å². The van der Waals surface area contributed by atoms with Gasteiger partial charge in [-0.25, -0.2) is 0 Å². The molecule has 0 aromatic heterocycles. The van der Waals surface area contributed by atoms with Crippen molar-refractivity contribution in [3.05, 3.63) is 33.3 Å². The third kappa shape index (κ3) is 4.07. The minimum atomic E-state index is -0.471. The number of non-ortho nitro benzene ring substituents is 1. The first-order chi connectivity index (χ1) is 8.45. The van der Waals surface area contributed by atoms with Crippen molar-refractivity contribution in [1.82, 2.24) is 0 Å². The first kappa shape index (κ1) is 15.1. The van der Waals surface area contributed by atoms with Crippen LogP contribution < -0.4 is 4.74 Å². The van der Waals surface area contributed by atoms with E-state index in [0.29, 0.717) is 29.0 Å². The minimum absolute atomic E-state index is 0.0265. The molecule has 0 bridgehead atoms. The fraction of sp³-hybridized carbons (Fsp3) is 0.500. The normalized spacial score (nSPS) is 12.5. The van der Waals surface area contributed by atoms with E-state index in [1.807, 2.05) is 0 Å². The van der Waals surface area contributed by atoms with Crippen molar-refractivity contribution in [3.63, 3.8) is 0 Å². The van der Waals surface area contributed by atoms with Crippen LogP contribution in [0.15, 0.2) is 18.2 Å². The van der Waals surface area contributed by atoms with Crippen molar-refractivity contribution in [2.24, 2.45) is 11.8 Å². The lowest BCUT2D eigenvalue weighted by atomic mass is 9.99. The number of halogens is 1. The standard InChI is InChI=1S/C12H16ClNO3S/c1-8(2)9(7-18)6-17-12-5-10(14(15)16)3-4-11(12)13/h3-5,8-9,18H,6-7H2,1-2H3. The molecule has 1 unspecified atom stereocenters. The lowest BCUT2D eigenvalue weighted by molar-refractivity contribution is -0.384. The highest BCUT2D eigenvalue weighted by Gasteiger charge is 2.15. The van der Waals surface area contributed by atoms with Gasteiger partial charge in [-0.2, -0.15) is 12.6 Å². The zero-order chi connectivity index (χ0) is 13.7. The Balaban J connectivity index is 2.77. The fourth-order valence-corrected chi connectivity index (χ4v) is 2.07. The van der Waals surface area contributed by atoms with Crippen molar-refractivity contribution >= 4 is 29.9 Å². The second kappa shape index (κ2) is 6.85. The molecule has 0 fully saturated rings. The van der Waals surface area contributed by atoms with E-state index in [4.69, 9.17) is 16.3 Å². The van der Waals surface area contributed by atoms with E-state index >= 15 is 0 Å². The Labute approximate surface area is 117 Å². The van der Waals surface area contributed by atoms with Crippen molar-refractivity contribution < 1.29 is 9.66 Å². The molecule has 100 valence electrons. The maximum Gasteiger partial charge on any atom is 0.273 e. The molecule has 4 nitrogen and oxygen atoms in total. The van der Waals surface area contributed by atoms with Gasteiger partial charge in [-0.1, -0.05) is 25.4 Å². The predicted molar refractivity (Wildman–Crippen MR) is 75.8 cm³/mol. The molecule has 0 N–H and O–H groups in total. The lowest BCUT2D eigenvalue weighted by Gasteiger charge is -2.19. The van der Waals surface area contributed by atoms with Crippen LogP contribution in [0.3, 0.4) is 0 Å². The predicted octanol–water partition coefficient (Wildman–Crippen LogP) is 3.83. The topological polar surface area (TPSA) is 52.4 Å². The molecule has 0 aliphatic carbocycles. The molecular formula is C12H16ClNO3S. The highest BCUT2D eigenvalue weighted by Crippen LogP contribution is 2.29. The van der Waals surface area contributed by atoms with Gasteiger partial charge in [-0.3, -0.25) is 10.1 Å². The summed E-state index contributed by atoms with van der Waals surface area (Å²) in [5, 5.41) is 11.0. The molecule has 1 atom stereocenters. The smallest absolute Gasteiger partial charge is 0.273 e. The Hall–Kier alpha value is -0.940. The highest BCUT2D eigenvalue weighted by atomic mass is 35.5. The second-order valence-corrected chi connectivity index (χ2v) is 5.14. The summed E-state index contributed by atoms with van der Waals surface area (Å²) in [5.41, 5.74) is -0.0265. The summed E-state index contributed by atoms with van der Waals surface area (Å²) in [4.78, 5) is 10.2. The Bertz CT molecular complexity index is 426. The van der Waals surface area contributed by atoms with E-state index in [-0.39, 0.29) is 11.6 Å². The van der Waals surface area contributed by atoms with Gasteiger partial charge in [0.2, 0.25) is 0 Å². The zero-order valence-electron chi connectivity index (χ0n) is 10.3. The molecular weight excluding hydrogens is 274 g/mol. The third-order valence-corrected chi connectivity index (χ3v) is 3.54. The van der Waals surface area contributed by atoms with Crippen LogP contribution in [0.4, 0.5) is 5.69 Å². The molecule has 0 saturated heterocycles. The van der Waals surface area contributed by atoms with E-state index in [9.17, 15) is 10.1 Å². The van der Waals surface area contributed by atoms with Gasteiger partial charge in [0.05, 0.1) is 22.6 Å². The highest BCUT2D eigenvalue weighted by molar-refractivity contribution is 7.80. The minimum Gasteiger partial charge on any atom is -0.491 e. The summed E-state index contributed by atoms with van der Waals surface area (Å²) in [7, 11) is 0. The average Bonchev–Trinajstić information content (AvgIpc) is 2.31. The first-order valence-corrected chi connectivity index (χ1v) is 6.64. The lowest BCUT2D eigenvalue weighted by Crippen LogP contribution is -2.19. The van der Waals surface area contributed by atoms with Gasteiger partial charge < -0.3 is 4.74 Å². The summed E-state index contributed by atoms with van der Waals surface area (Å²) < 4.78 is 5.56. The van der Waals surface area contributed by atoms with Crippen LogP contribution in [0, 0.1) is 22.0 Å². The Morgan fingerprint density at radius 1 is 1.50 bits per heavy atom. The maximum absolute atomic E-state index is 10.7. The van der Waals surface area contributed by atoms with Gasteiger partial charge in [-0.15, -0.1) is 0 Å². The number of benzene rings is 1. The molecule has 0 amide bonds. The van der Waals surface area contributed by atoms with Crippen LogP contribution in [0.5, 0.6) is 5.75 Å². The summed E-state index contributed by atoms with van der Waals surface area (Å²) in [5.74, 6) is 1.76. The maximum atomic E-state index is 10.7. The van der Waals surface area contributed by atoms with E-state index in [2.05, 4.69) is 26.5 Å². The number of ether oxygens (including phenoxy) is 1. The van der Waals surface area contributed by atoms with E-state index < -0.39 is 4.92 Å². The van der Waals surface area contributed by atoms with Crippen LogP contribution in [0.25, 0.3) is 0 Å². The molecule has 0 radical (unpaired) electrons. The van der Waals surface area contributed by atoms with Crippen LogP contribution >= 0.6 is 24.2 Å². The number of hydrogen-bond donors (Lipinski definition) is 1. The van der Waals surface area contributed by atoms with E-state index in [0.717, 1.165) is 0 Å². The third-order valence-electron chi connectivity index (χ3n) is 2.76. The average molecular weight is 290 g/mol. The molecule has 1 aromatic rings. The van der Waals surface area contributed by atoms with Gasteiger partial charge in [0.1, 0.15) is 5.75 Å². The molecule has 0 spiro atoms. The molecule has 18 heavy (non-hydrogen) atoms.